The van der Waals surface area contributed by atoms with Crippen molar-refractivity contribution in [2.75, 3.05) is 13.4 Å². The van der Waals surface area contributed by atoms with Crippen LogP contribution in [0.25, 0.3) is 0 Å². The number of ether oxygens (including phenoxy) is 3. The number of hydrogen-bond donors (Lipinski definition) is 2. The van der Waals surface area contributed by atoms with E-state index in [-0.39, 0.29) is 19.8 Å². The fourth-order valence-corrected chi connectivity index (χ4v) is 1.82. The predicted octanol–water partition coefficient (Wildman–Crippen LogP) is 1.32. The normalized spacial score (nSPS) is 13.3. The van der Waals surface area contributed by atoms with E-state index in [4.69, 9.17) is 19.3 Å². The van der Waals surface area contributed by atoms with Crippen molar-refractivity contribution in [3.8, 4) is 11.5 Å². The third-order valence-corrected chi connectivity index (χ3v) is 2.80. The van der Waals surface area contributed by atoms with Crippen molar-refractivity contribution in [1.82, 2.24) is 5.32 Å². The average Bonchev–Trinajstić information content (AvgIpc) is 2.91. The van der Waals surface area contributed by atoms with Crippen molar-refractivity contribution < 1.29 is 28.9 Å². The summed E-state index contributed by atoms with van der Waals surface area (Å²) in [6.45, 7) is 3.56. The highest BCUT2D eigenvalue weighted by molar-refractivity contribution is 5.80. The molecular formula is C14H15NO6. The molecule has 1 heterocycles. The molecule has 7 nitrogen and oxygen atoms in total. The molecule has 0 aromatic heterocycles. The number of benzene rings is 1. The highest BCUT2D eigenvalue weighted by Gasteiger charge is 2.22. The molecular weight excluding hydrogens is 278 g/mol. The first kappa shape index (κ1) is 14.7. The smallest absolute Gasteiger partial charge is 0.408 e. The molecule has 2 rings (SSSR count). The zero-order chi connectivity index (χ0) is 15.2. The molecule has 1 amide bonds. The van der Waals surface area contributed by atoms with Gasteiger partial charge in [0.15, 0.2) is 11.5 Å². The first-order valence-electron chi connectivity index (χ1n) is 6.25. The summed E-state index contributed by atoms with van der Waals surface area (Å²) in [5.41, 5.74) is 0.704. The molecule has 0 fully saturated rings. The van der Waals surface area contributed by atoms with E-state index in [1.54, 1.807) is 18.2 Å². The molecule has 7 heteroatoms. The minimum absolute atomic E-state index is 0.0161. The lowest BCUT2D eigenvalue weighted by atomic mass is 10.1. The standard InChI is InChI=1S/C14H15NO6/c1-2-5-19-14(18)15-10(13(16)17)6-9-3-4-11-12(7-9)21-8-20-11/h2-4,7,10H,1,5-6,8H2,(H,15,18)(H,16,17). The SMILES string of the molecule is C=CCOC(=O)NC(Cc1ccc2c(c1)OCO2)C(=O)O. The highest BCUT2D eigenvalue weighted by Crippen LogP contribution is 2.32. The van der Waals surface area contributed by atoms with Crippen LogP contribution in [-0.2, 0) is 16.0 Å². The molecule has 0 bridgehead atoms. The monoisotopic (exact) mass is 293 g/mol. The van der Waals surface area contributed by atoms with Gasteiger partial charge in [0.25, 0.3) is 0 Å². The van der Waals surface area contributed by atoms with Crippen LogP contribution in [0.15, 0.2) is 30.9 Å². The summed E-state index contributed by atoms with van der Waals surface area (Å²) in [6.07, 6.45) is 0.700. The molecule has 1 aromatic rings. The van der Waals surface area contributed by atoms with Crippen LogP contribution in [0.4, 0.5) is 4.79 Å². The average molecular weight is 293 g/mol. The van der Waals surface area contributed by atoms with E-state index in [1.807, 2.05) is 0 Å². The summed E-state index contributed by atoms with van der Waals surface area (Å²) in [6, 6.07) is 4.02. The molecule has 112 valence electrons. The Morgan fingerprint density at radius 2 is 2.19 bits per heavy atom. The molecule has 2 N–H and O–H groups in total. The van der Waals surface area contributed by atoms with Crippen molar-refractivity contribution in [1.29, 1.82) is 0 Å². The van der Waals surface area contributed by atoms with Gasteiger partial charge in [-0.1, -0.05) is 18.7 Å². The van der Waals surface area contributed by atoms with E-state index in [0.29, 0.717) is 17.1 Å². The number of carboxylic acid groups (broad SMARTS) is 1. The van der Waals surface area contributed by atoms with Crippen molar-refractivity contribution in [3.05, 3.63) is 36.4 Å². The minimum Gasteiger partial charge on any atom is -0.480 e. The Bertz CT molecular complexity index is 556. The van der Waals surface area contributed by atoms with E-state index in [2.05, 4.69) is 11.9 Å². The lowest BCUT2D eigenvalue weighted by molar-refractivity contribution is -0.139. The second kappa shape index (κ2) is 6.65. The third kappa shape index (κ3) is 3.88. The first-order chi connectivity index (χ1) is 10.1. The zero-order valence-corrected chi connectivity index (χ0v) is 11.2. The summed E-state index contributed by atoms with van der Waals surface area (Å²) < 4.78 is 15.1. The summed E-state index contributed by atoms with van der Waals surface area (Å²) in [7, 11) is 0. The van der Waals surface area contributed by atoms with Gasteiger partial charge in [0.05, 0.1) is 0 Å². The van der Waals surface area contributed by atoms with E-state index in [0.717, 1.165) is 0 Å². The second-order valence-electron chi connectivity index (χ2n) is 4.31. The van der Waals surface area contributed by atoms with Gasteiger partial charge < -0.3 is 24.6 Å². The van der Waals surface area contributed by atoms with Crippen LogP contribution in [-0.4, -0.2) is 36.6 Å². The van der Waals surface area contributed by atoms with Crippen LogP contribution in [0.1, 0.15) is 5.56 Å². The number of aliphatic carboxylic acids is 1. The number of rotatable bonds is 6. The molecule has 1 aromatic carbocycles. The summed E-state index contributed by atoms with van der Waals surface area (Å²) >= 11 is 0. The topological polar surface area (TPSA) is 94.1 Å². The van der Waals surface area contributed by atoms with E-state index < -0.39 is 18.1 Å². The summed E-state index contributed by atoms with van der Waals surface area (Å²) in [4.78, 5) is 22.6. The van der Waals surface area contributed by atoms with Crippen molar-refractivity contribution >= 4 is 12.1 Å². The van der Waals surface area contributed by atoms with Gasteiger partial charge in [0, 0.05) is 6.42 Å². The Hall–Kier alpha value is -2.70. The van der Waals surface area contributed by atoms with Crippen LogP contribution < -0.4 is 14.8 Å². The van der Waals surface area contributed by atoms with Crippen LogP contribution >= 0.6 is 0 Å². The molecule has 21 heavy (non-hydrogen) atoms. The lowest BCUT2D eigenvalue weighted by Gasteiger charge is -2.14. The molecule has 0 aliphatic carbocycles. The minimum atomic E-state index is -1.15. The lowest BCUT2D eigenvalue weighted by Crippen LogP contribution is -2.42. The molecule has 0 saturated heterocycles. The van der Waals surface area contributed by atoms with E-state index in [9.17, 15) is 9.59 Å². The summed E-state index contributed by atoms with van der Waals surface area (Å²) in [5, 5.41) is 11.4. The third-order valence-electron chi connectivity index (χ3n) is 2.80. The fourth-order valence-electron chi connectivity index (χ4n) is 1.82. The zero-order valence-electron chi connectivity index (χ0n) is 11.2. The number of nitrogens with one attached hydrogen (secondary N) is 1. The van der Waals surface area contributed by atoms with Gasteiger partial charge in [0.2, 0.25) is 6.79 Å². The Morgan fingerprint density at radius 3 is 2.90 bits per heavy atom. The van der Waals surface area contributed by atoms with Gasteiger partial charge in [-0.25, -0.2) is 9.59 Å². The second-order valence-corrected chi connectivity index (χ2v) is 4.31. The van der Waals surface area contributed by atoms with Crippen molar-refractivity contribution in [2.45, 2.75) is 12.5 Å². The van der Waals surface area contributed by atoms with Crippen LogP contribution in [0.2, 0.25) is 0 Å². The molecule has 0 spiro atoms. The van der Waals surface area contributed by atoms with Gasteiger partial charge >= 0.3 is 12.1 Å². The maximum absolute atomic E-state index is 11.4. The molecule has 1 unspecified atom stereocenters. The van der Waals surface area contributed by atoms with E-state index in [1.165, 1.54) is 6.08 Å². The predicted molar refractivity (Wildman–Crippen MR) is 72.4 cm³/mol. The van der Waals surface area contributed by atoms with Gasteiger partial charge in [-0.05, 0) is 17.7 Å². The van der Waals surface area contributed by atoms with Crippen LogP contribution in [0.5, 0.6) is 11.5 Å². The molecule has 0 saturated carbocycles. The van der Waals surface area contributed by atoms with Gasteiger partial charge in [0.1, 0.15) is 12.6 Å². The number of carbonyl (C=O) groups excluding carboxylic acids is 1. The Kier molecular flexibility index (Phi) is 4.65. The number of fused-ring (bicyclic) bond motifs is 1. The van der Waals surface area contributed by atoms with E-state index >= 15 is 0 Å². The van der Waals surface area contributed by atoms with Gasteiger partial charge in [-0.2, -0.15) is 0 Å². The quantitative estimate of drug-likeness (QED) is 0.768. The first-order valence-corrected chi connectivity index (χ1v) is 6.25. The highest BCUT2D eigenvalue weighted by atomic mass is 16.7. The number of alkyl carbamates (subject to hydrolysis) is 1. The maximum Gasteiger partial charge on any atom is 0.408 e. The molecule has 1 atom stereocenters. The molecule has 0 radical (unpaired) electrons. The fraction of sp³-hybridized carbons (Fsp3) is 0.286. The van der Waals surface area contributed by atoms with Crippen molar-refractivity contribution in [2.24, 2.45) is 0 Å². The Morgan fingerprint density at radius 1 is 1.43 bits per heavy atom. The molecule has 1 aliphatic heterocycles. The number of hydrogen-bond acceptors (Lipinski definition) is 5. The van der Waals surface area contributed by atoms with Crippen LogP contribution in [0, 0.1) is 0 Å². The molecule has 1 aliphatic rings. The van der Waals surface area contributed by atoms with Gasteiger partial charge in [-0.15, -0.1) is 0 Å². The number of carbonyl (C=O) groups is 2. The maximum atomic E-state index is 11.4. The largest absolute Gasteiger partial charge is 0.480 e. The number of carboxylic acids is 1. The van der Waals surface area contributed by atoms with Crippen molar-refractivity contribution in [3.63, 3.8) is 0 Å². The van der Waals surface area contributed by atoms with Gasteiger partial charge in [-0.3, -0.25) is 0 Å². The Labute approximate surface area is 121 Å². The summed E-state index contributed by atoms with van der Waals surface area (Å²) in [5.74, 6) is 0.0260. The number of amides is 1. The van der Waals surface area contributed by atoms with Crippen LogP contribution in [0.3, 0.4) is 0 Å². The Balaban J connectivity index is 2.01.